The van der Waals surface area contributed by atoms with E-state index < -0.39 is 5.60 Å². The van der Waals surface area contributed by atoms with Crippen LogP contribution < -0.4 is 25.4 Å². The number of halogens is 2. The highest BCUT2D eigenvalue weighted by molar-refractivity contribution is 6.39. The third-order valence-electron chi connectivity index (χ3n) is 8.11. The van der Waals surface area contributed by atoms with Crippen LogP contribution in [0.15, 0.2) is 48.8 Å². The zero-order chi connectivity index (χ0) is 33.0. The van der Waals surface area contributed by atoms with Gasteiger partial charge in [-0.2, -0.15) is 0 Å². The predicted octanol–water partition coefficient (Wildman–Crippen LogP) is 3.81. The molecule has 0 spiro atoms. The predicted molar refractivity (Wildman–Crippen MR) is 177 cm³/mol. The maximum Gasteiger partial charge on any atom is 0.237 e. The Morgan fingerprint density at radius 1 is 0.894 bits per heavy atom. The highest BCUT2D eigenvalue weighted by atomic mass is 35.5. The van der Waals surface area contributed by atoms with E-state index in [0.29, 0.717) is 113 Å². The summed E-state index contributed by atoms with van der Waals surface area (Å²) in [4.78, 5) is 30.1. The number of nitrogens with zero attached hydrogens (tertiary/aromatic N) is 4. The zero-order valence-corrected chi connectivity index (χ0v) is 27.5. The van der Waals surface area contributed by atoms with E-state index in [1.54, 1.807) is 19.5 Å². The first-order valence-electron chi connectivity index (χ1n) is 15.2. The van der Waals surface area contributed by atoms with Crippen molar-refractivity contribution in [3.63, 3.8) is 0 Å². The number of carbonyl (C=O) groups excluding carboxylic acids is 1. The number of methoxy groups -OCH3 is 2. The molecular weight excluding hydrogens is 645 g/mol. The fraction of sp³-hybridized carbons (Fsp3) is 0.364. The molecule has 2 saturated heterocycles. The first-order valence-corrected chi connectivity index (χ1v) is 15.9. The van der Waals surface area contributed by atoms with Gasteiger partial charge in [-0.3, -0.25) is 14.8 Å². The third-order valence-corrected chi connectivity index (χ3v) is 8.92. The number of hydrogen-bond acceptors (Lipinski definition) is 11. The molecule has 1 atom stereocenters. The SMILES string of the molecule is COc1nc(-c2cccc(-c3cccc(-c4cnc(CNCC5(O)COC5)c(OC)n4)c3Cl)c2Cl)cnc1CNCC1CCC(=O)N1. The van der Waals surface area contributed by atoms with Gasteiger partial charge in [-0.25, -0.2) is 9.97 Å². The van der Waals surface area contributed by atoms with Gasteiger partial charge in [0.1, 0.15) is 17.0 Å². The Morgan fingerprint density at radius 3 is 1.89 bits per heavy atom. The summed E-state index contributed by atoms with van der Waals surface area (Å²) in [5, 5.41) is 20.6. The number of hydrogen-bond donors (Lipinski definition) is 4. The van der Waals surface area contributed by atoms with Crippen LogP contribution in [0.4, 0.5) is 0 Å². The second-order valence-electron chi connectivity index (χ2n) is 11.5. The Hall–Kier alpha value is -3.91. The Labute approximate surface area is 282 Å². The molecule has 6 rings (SSSR count). The van der Waals surface area contributed by atoms with Crippen LogP contribution in [0.3, 0.4) is 0 Å². The van der Waals surface area contributed by atoms with Gasteiger partial charge in [0, 0.05) is 60.9 Å². The smallest absolute Gasteiger partial charge is 0.237 e. The lowest BCUT2D eigenvalue weighted by Crippen LogP contribution is -2.56. The monoisotopic (exact) mass is 679 g/mol. The minimum atomic E-state index is -0.858. The number of nitrogens with one attached hydrogen (secondary N) is 3. The lowest BCUT2D eigenvalue weighted by molar-refractivity contribution is -0.174. The van der Waals surface area contributed by atoms with Gasteiger partial charge in [-0.05, 0) is 6.42 Å². The minimum Gasteiger partial charge on any atom is -0.480 e. The van der Waals surface area contributed by atoms with Crippen LogP contribution in [0.2, 0.25) is 10.0 Å². The summed E-state index contributed by atoms with van der Waals surface area (Å²) in [6.45, 7) is 2.41. The van der Waals surface area contributed by atoms with Crippen molar-refractivity contribution in [3.05, 3.63) is 70.2 Å². The molecule has 14 heteroatoms. The van der Waals surface area contributed by atoms with Gasteiger partial charge in [0.2, 0.25) is 17.7 Å². The molecule has 4 heterocycles. The molecule has 12 nitrogen and oxygen atoms in total. The lowest BCUT2D eigenvalue weighted by atomic mass is 9.98. The van der Waals surface area contributed by atoms with E-state index in [0.717, 1.165) is 6.42 Å². The molecule has 2 aromatic carbocycles. The number of ether oxygens (including phenoxy) is 3. The van der Waals surface area contributed by atoms with E-state index in [9.17, 15) is 9.90 Å². The largest absolute Gasteiger partial charge is 0.480 e. The quantitative estimate of drug-likeness (QED) is 0.163. The van der Waals surface area contributed by atoms with Crippen LogP contribution in [-0.4, -0.2) is 83.1 Å². The summed E-state index contributed by atoms with van der Waals surface area (Å²) in [6, 6.07) is 11.4. The Morgan fingerprint density at radius 2 is 1.43 bits per heavy atom. The molecule has 2 aliphatic rings. The van der Waals surface area contributed by atoms with Crippen molar-refractivity contribution in [2.45, 2.75) is 37.6 Å². The van der Waals surface area contributed by atoms with Crippen LogP contribution in [0.1, 0.15) is 24.2 Å². The first-order chi connectivity index (χ1) is 22.8. The summed E-state index contributed by atoms with van der Waals surface area (Å²) in [5.74, 6) is 0.811. The summed E-state index contributed by atoms with van der Waals surface area (Å²) >= 11 is 14.0. The number of rotatable bonds is 13. The van der Waals surface area contributed by atoms with Gasteiger partial charge in [0.25, 0.3) is 0 Å². The van der Waals surface area contributed by atoms with Gasteiger partial charge in [0.15, 0.2) is 0 Å². The normalized spacial score (nSPS) is 16.9. The van der Waals surface area contributed by atoms with E-state index in [1.165, 1.54) is 7.11 Å². The molecule has 47 heavy (non-hydrogen) atoms. The molecule has 0 bridgehead atoms. The number of aliphatic hydroxyl groups is 1. The van der Waals surface area contributed by atoms with Crippen LogP contribution in [0, 0.1) is 0 Å². The Kier molecular flexibility index (Phi) is 10.2. The van der Waals surface area contributed by atoms with Crippen molar-refractivity contribution >= 4 is 29.1 Å². The standard InChI is InChI=1S/C33H35Cl2N7O5/c1-45-31-26(12-36-11-19-9-10-28(43)40-19)38-14-24(41-31)22-7-3-5-20(29(22)34)21-6-4-8-23(30(21)35)25-15-39-27(32(42-25)46-2)13-37-16-33(44)17-47-18-33/h3-8,14-15,19,36-37,44H,9-13,16-18H2,1-2H3,(H,40,43). The molecule has 0 aliphatic carbocycles. The van der Waals surface area contributed by atoms with Gasteiger partial charge in [0.05, 0.1) is 61.3 Å². The van der Waals surface area contributed by atoms with Crippen LogP contribution in [-0.2, 0) is 22.6 Å². The van der Waals surface area contributed by atoms with Crippen molar-refractivity contribution in [2.75, 3.05) is 40.5 Å². The average molecular weight is 681 g/mol. The van der Waals surface area contributed by atoms with Crippen molar-refractivity contribution in [2.24, 2.45) is 0 Å². The Balaban J connectivity index is 1.22. The molecule has 1 amide bonds. The summed E-state index contributed by atoms with van der Waals surface area (Å²) in [5.41, 5.74) is 4.21. The molecule has 2 fully saturated rings. The van der Waals surface area contributed by atoms with Crippen LogP contribution in [0.5, 0.6) is 11.8 Å². The van der Waals surface area contributed by atoms with E-state index in [4.69, 9.17) is 42.4 Å². The fourth-order valence-electron chi connectivity index (χ4n) is 5.55. The topological polar surface area (TPSA) is 153 Å². The summed E-state index contributed by atoms with van der Waals surface area (Å²) in [6.07, 6.45) is 4.67. The number of benzene rings is 2. The average Bonchev–Trinajstić information content (AvgIpc) is 3.49. The van der Waals surface area contributed by atoms with Crippen LogP contribution >= 0.6 is 23.2 Å². The molecule has 246 valence electrons. The minimum absolute atomic E-state index is 0.0790. The first kappa shape index (κ1) is 33.0. The van der Waals surface area contributed by atoms with Crippen molar-refractivity contribution in [3.8, 4) is 45.4 Å². The van der Waals surface area contributed by atoms with Crippen LogP contribution in [0.25, 0.3) is 33.6 Å². The molecule has 1 unspecified atom stereocenters. The zero-order valence-electron chi connectivity index (χ0n) is 26.0. The maximum absolute atomic E-state index is 11.5. The molecule has 0 saturated carbocycles. The summed E-state index contributed by atoms with van der Waals surface area (Å²) < 4.78 is 16.2. The molecule has 4 N–H and O–H groups in total. The van der Waals surface area contributed by atoms with Crippen molar-refractivity contribution in [1.29, 1.82) is 0 Å². The van der Waals surface area contributed by atoms with Gasteiger partial charge < -0.3 is 35.3 Å². The highest BCUT2D eigenvalue weighted by Crippen LogP contribution is 2.42. The highest BCUT2D eigenvalue weighted by Gasteiger charge is 2.35. The molecule has 2 aromatic heterocycles. The van der Waals surface area contributed by atoms with Crippen molar-refractivity contribution in [1.82, 2.24) is 35.9 Å². The fourth-order valence-corrected chi connectivity index (χ4v) is 6.20. The molecule has 4 aromatic rings. The third kappa shape index (κ3) is 7.33. The van der Waals surface area contributed by atoms with E-state index in [2.05, 4.69) is 30.9 Å². The number of amides is 1. The summed E-state index contributed by atoms with van der Waals surface area (Å²) in [7, 11) is 3.08. The van der Waals surface area contributed by atoms with Gasteiger partial charge in [-0.15, -0.1) is 0 Å². The van der Waals surface area contributed by atoms with E-state index >= 15 is 0 Å². The van der Waals surface area contributed by atoms with E-state index in [-0.39, 0.29) is 11.9 Å². The second-order valence-corrected chi connectivity index (χ2v) is 12.3. The number of carbonyl (C=O) groups is 1. The Bertz CT molecular complexity index is 1770. The second kappa shape index (κ2) is 14.5. The molecule has 2 aliphatic heterocycles. The lowest BCUT2D eigenvalue weighted by Gasteiger charge is -2.36. The van der Waals surface area contributed by atoms with Crippen molar-refractivity contribution < 1.29 is 24.1 Å². The molecule has 0 radical (unpaired) electrons. The maximum atomic E-state index is 11.5. The molecular formula is C33H35Cl2N7O5. The van der Waals surface area contributed by atoms with E-state index in [1.807, 2.05) is 36.4 Å². The van der Waals surface area contributed by atoms with Gasteiger partial charge in [-0.1, -0.05) is 59.6 Å². The van der Waals surface area contributed by atoms with Gasteiger partial charge >= 0.3 is 0 Å². The number of aromatic nitrogens is 4.